The highest BCUT2D eigenvalue weighted by atomic mass is 16.4. The Morgan fingerprint density at radius 1 is 0.926 bits per heavy atom. The topological polar surface area (TPSA) is 130 Å². The van der Waals surface area contributed by atoms with Crippen LogP contribution in [0.1, 0.15) is 24.8 Å². The molecule has 1 atom stereocenters. The van der Waals surface area contributed by atoms with Crippen LogP contribution in [0.4, 0.5) is 5.69 Å². The molecular weight excluding hydrogens is 348 g/mol. The van der Waals surface area contributed by atoms with Gasteiger partial charge in [0.05, 0.1) is 12.8 Å². The van der Waals surface area contributed by atoms with Gasteiger partial charge in [0.1, 0.15) is 0 Å². The lowest BCUT2D eigenvalue weighted by Crippen LogP contribution is -2.38. The fourth-order valence-corrected chi connectivity index (χ4v) is 2.77. The molecule has 0 aromatic heterocycles. The van der Waals surface area contributed by atoms with Gasteiger partial charge in [-0.1, -0.05) is 42.5 Å². The summed E-state index contributed by atoms with van der Waals surface area (Å²) >= 11 is 0. The summed E-state index contributed by atoms with van der Waals surface area (Å²) in [5, 5.41) is 20.3. The Labute approximate surface area is 156 Å². The summed E-state index contributed by atoms with van der Waals surface area (Å²) in [7, 11) is 0. The van der Waals surface area contributed by atoms with Crippen LogP contribution in [0.2, 0.25) is 0 Å². The van der Waals surface area contributed by atoms with E-state index in [9.17, 15) is 14.4 Å². The van der Waals surface area contributed by atoms with Crippen molar-refractivity contribution in [2.24, 2.45) is 0 Å². The molecule has 0 saturated carbocycles. The lowest BCUT2D eigenvalue weighted by molar-refractivity contribution is -0.140. The third kappa shape index (κ3) is 6.47. The third-order valence-corrected chi connectivity index (χ3v) is 4.06. The van der Waals surface area contributed by atoms with Crippen molar-refractivity contribution < 1.29 is 24.6 Å². The van der Waals surface area contributed by atoms with Crippen molar-refractivity contribution >= 4 is 23.5 Å². The Balaban J connectivity index is 2.06. The van der Waals surface area contributed by atoms with E-state index in [1.807, 2.05) is 48.5 Å². The van der Waals surface area contributed by atoms with Gasteiger partial charge in [0.2, 0.25) is 5.91 Å². The van der Waals surface area contributed by atoms with Gasteiger partial charge >= 0.3 is 11.9 Å². The van der Waals surface area contributed by atoms with Crippen molar-refractivity contribution in [2.45, 2.75) is 31.7 Å². The quantitative estimate of drug-likeness (QED) is 0.501. The minimum absolute atomic E-state index is 0.183. The molecule has 0 radical (unpaired) electrons. The second kappa shape index (κ2) is 9.38. The fraction of sp³-hybridized carbons (Fsp3) is 0.250. The lowest BCUT2D eigenvalue weighted by atomic mass is 9.98. The molecule has 1 amide bonds. The van der Waals surface area contributed by atoms with E-state index in [0.29, 0.717) is 12.1 Å². The summed E-state index contributed by atoms with van der Waals surface area (Å²) in [5.74, 6) is -2.58. The number of amides is 1. The van der Waals surface area contributed by atoms with Gasteiger partial charge in [0.15, 0.2) is 0 Å². The van der Waals surface area contributed by atoms with Gasteiger partial charge in [-0.15, -0.1) is 0 Å². The van der Waals surface area contributed by atoms with Crippen molar-refractivity contribution in [3.63, 3.8) is 0 Å². The second-order valence-corrected chi connectivity index (χ2v) is 6.24. The standard InChI is InChI=1S/C20H22N2O5/c21-17-4-2-1-3-16(17)14-7-5-13(6-8-14)11-15(12-20(26)27)22-18(23)9-10-19(24)25/h1-8,15H,9-12,21H2,(H,22,23)(H,24,25)(H,26,27)/t15-/m1/s1. The number of carboxylic acid groups (broad SMARTS) is 2. The van der Waals surface area contributed by atoms with Gasteiger partial charge in [-0.05, 0) is 23.6 Å². The van der Waals surface area contributed by atoms with Gasteiger partial charge in [-0.25, -0.2) is 0 Å². The molecule has 2 rings (SSSR count). The molecule has 0 aliphatic carbocycles. The van der Waals surface area contributed by atoms with E-state index in [-0.39, 0.29) is 19.3 Å². The average molecular weight is 370 g/mol. The number of aliphatic carboxylic acids is 2. The van der Waals surface area contributed by atoms with Crippen LogP contribution in [-0.2, 0) is 20.8 Å². The number of carbonyl (C=O) groups is 3. The summed E-state index contributed by atoms with van der Waals surface area (Å²) in [5.41, 5.74) is 9.35. The van der Waals surface area contributed by atoms with Crippen LogP contribution in [0.25, 0.3) is 11.1 Å². The Bertz CT molecular complexity index is 817. The molecule has 0 saturated heterocycles. The van der Waals surface area contributed by atoms with Crippen LogP contribution >= 0.6 is 0 Å². The van der Waals surface area contributed by atoms with Crippen molar-refractivity contribution in [1.82, 2.24) is 5.32 Å². The van der Waals surface area contributed by atoms with E-state index < -0.39 is 23.9 Å². The minimum atomic E-state index is -1.07. The predicted octanol–water partition coefficient (Wildman–Crippen LogP) is 2.30. The number of hydrogen-bond donors (Lipinski definition) is 4. The predicted molar refractivity (Wildman–Crippen MR) is 101 cm³/mol. The van der Waals surface area contributed by atoms with Crippen LogP contribution in [0, 0.1) is 0 Å². The van der Waals surface area contributed by atoms with Crippen molar-refractivity contribution in [3.05, 3.63) is 54.1 Å². The molecule has 7 heteroatoms. The first-order chi connectivity index (χ1) is 12.8. The summed E-state index contributed by atoms with van der Waals surface area (Å²) < 4.78 is 0. The average Bonchev–Trinajstić information content (AvgIpc) is 2.60. The number of para-hydroxylation sites is 1. The molecule has 0 unspecified atom stereocenters. The van der Waals surface area contributed by atoms with E-state index in [2.05, 4.69) is 5.32 Å². The smallest absolute Gasteiger partial charge is 0.305 e. The maximum Gasteiger partial charge on any atom is 0.305 e. The maximum absolute atomic E-state index is 11.8. The normalized spacial score (nSPS) is 11.6. The monoisotopic (exact) mass is 370 g/mol. The van der Waals surface area contributed by atoms with E-state index >= 15 is 0 Å². The number of nitrogens with two attached hydrogens (primary N) is 1. The Morgan fingerprint density at radius 3 is 2.19 bits per heavy atom. The maximum atomic E-state index is 11.8. The molecule has 0 fully saturated rings. The molecule has 5 N–H and O–H groups in total. The van der Waals surface area contributed by atoms with Gasteiger partial charge < -0.3 is 21.3 Å². The number of carbonyl (C=O) groups excluding carboxylic acids is 1. The van der Waals surface area contributed by atoms with Crippen molar-refractivity contribution in [3.8, 4) is 11.1 Å². The van der Waals surface area contributed by atoms with E-state index in [4.69, 9.17) is 15.9 Å². The van der Waals surface area contributed by atoms with E-state index in [0.717, 1.165) is 16.7 Å². The van der Waals surface area contributed by atoms with Gasteiger partial charge in [-0.2, -0.15) is 0 Å². The first-order valence-corrected chi connectivity index (χ1v) is 8.52. The number of rotatable bonds is 9. The second-order valence-electron chi connectivity index (χ2n) is 6.24. The first kappa shape index (κ1) is 20.0. The van der Waals surface area contributed by atoms with Crippen LogP contribution in [0.3, 0.4) is 0 Å². The van der Waals surface area contributed by atoms with Crippen LogP contribution in [0.15, 0.2) is 48.5 Å². The molecule has 0 aliphatic rings. The first-order valence-electron chi connectivity index (χ1n) is 8.52. The number of benzene rings is 2. The SMILES string of the molecule is Nc1ccccc1-c1ccc(C[C@H](CC(=O)O)NC(=O)CCC(=O)O)cc1. The minimum Gasteiger partial charge on any atom is -0.481 e. The highest BCUT2D eigenvalue weighted by Crippen LogP contribution is 2.25. The molecule has 27 heavy (non-hydrogen) atoms. The Hall–Kier alpha value is -3.35. The summed E-state index contributed by atoms with van der Waals surface area (Å²) in [6.07, 6.45) is -0.391. The number of hydrogen-bond acceptors (Lipinski definition) is 4. The molecule has 142 valence electrons. The molecule has 2 aromatic carbocycles. The zero-order chi connectivity index (χ0) is 19.8. The van der Waals surface area contributed by atoms with Crippen molar-refractivity contribution in [1.29, 1.82) is 0 Å². The Kier molecular flexibility index (Phi) is 6.93. The highest BCUT2D eigenvalue weighted by Gasteiger charge is 2.17. The lowest BCUT2D eigenvalue weighted by Gasteiger charge is -2.17. The zero-order valence-electron chi connectivity index (χ0n) is 14.7. The third-order valence-electron chi connectivity index (χ3n) is 4.06. The van der Waals surface area contributed by atoms with Crippen LogP contribution in [0.5, 0.6) is 0 Å². The number of nitrogen functional groups attached to an aromatic ring is 1. The fourth-order valence-electron chi connectivity index (χ4n) is 2.77. The largest absolute Gasteiger partial charge is 0.481 e. The molecule has 0 aliphatic heterocycles. The van der Waals surface area contributed by atoms with E-state index in [1.54, 1.807) is 0 Å². The van der Waals surface area contributed by atoms with Crippen LogP contribution < -0.4 is 11.1 Å². The number of anilines is 1. The summed E-state index contributed by atoms with van der Waals surface area (Å²) in [6, 6.07) is 14.4. The highest BCUT2D eigenvalue weighted by molar-refractivity contribution is 5.81. The zero-order valence-corrected chi connectivity index (χ0v) is 14.7. The molecule has 0 bridgehead atoms. The van der Waals surface area contributed by atoms with Crippen LogP contribution in [-0.4, -0.2) is 34.1 Å². The number of nitrogens with one attached hydrogen (secondary N) is 1. The van der Waals surface area contributed by atoms with Gasteiger partial charge in [0, 0.05) is 23.7 Å². The molecule has 2 aromatic rings. The van der Waals surface area contributed by atoms with Crippen molar-refractivity contribution in [2.75, 3.05) is 5.73 Å². The molecule has 7 nitrogen and oxygen atoms in total. The molecular formula is C20H22N2O5. The Morgan fingerprint density at radius 2 is 1.59 bits per heavy atom. The summed E-state index contributed by atoms with van der Waals surface area (Å²) in [6.45, 7) is 0. The van der Waals surface area contributed by atoms with E-state index in [1.165, 1.54) is 0 Å². The van der Waals surface area contributed by atoms with Gasteiger partial charge in [0.25, 0.3) is 0 Å². The molecule has 0 heterocycles. The molecule has 0 spiro atoms. The summed E-state index contributed by atoms with van der Waals surface area (Å²) in [4.78, 5) is 33.4. The van der Waals surface area contributed by atoms with Gasteiger partial charge in [-0.3, -0.25) is 14.4 Å². The number of carboxylic acids is 2.